The van der Waals surface area contributed by atoms with Crippen LogP contribution >= 0.6 is 0 Å². The van der Waals surface area contributed by atoms with Gasteiger partial charge in [-0.25, -0.2) is 0 Å². The molecule has 0 unspecified atom stereocenters. The fraction of sp³-hybridized carbons (Fsp3) is 0.588. The molecule has 2 rings (SSSR count). The molecule has 0 spiro atoms. The molecule has 0 aromatic heterocycles. The van der Waals surface area contributed by atoms with E-state index in [0.717, 1.165) is 44.7 Å². The summed E-state index contributed by atoms with van der Waals surface area (Å²) in [6.07, 6.45) is 1.23. The van der Waals surface area contributed by atoms with E-state index in [1.807, 2.05) is 18.2 Å². The number of benzene rings is 1. The predicted molar refractivity (Wildman–Crippen MR) is 90.2 cm³/mol. The Bertz CT molecular complexity index is 480. The normalized spacial score (nSPS) is 15.2. The van der Waals surface area contributed by atoms with Gasteiger partial charge in [0, 0.05) is 38.3 Å². The molecule has 6 heteroatoms. The first-order valence-electron chi connectivity index (χ1n) is 8.14. The molecule has 0 saturated carbocycles. The summed E-state index contributed by atoms with van der Waals surface area (Å²) in [5.41, 5.74) is 0.789. The van der Waals surface area contributed by atoms with Gasteiger partial charge in [0.25, 0.3) is 0 Å². The van der Waals surface area contributed by atoms with Gasteiger partial charge in [-0.1, -0.05) is 6.07 Å². The zero-order valence-electron chi connectivity index (χ0n) is 14.1. The largest absolute Gasteiger partial charge is 0.496 e. The van der Waals surface area contributed by atoms with Crippen molar-refractivity contribution in [3.63, 3.8) is 0 Å². The Labute approximate surface area is 138 Å². The molecule has 1 aliphatic heterocycles. The van der Waals surface area contributed by atoms with Crippen LogP contribution in [0.2, 0.25) is 0 Å². The summed E-state index contributed by atoms with van der Waals surface area (Å²) in [4.78, 5) is 14.6. The number of carbonyl (C=O) groups excluding carboxylic acids is 1. The molecule has 1 amide bonds. The highest BCUT2D eigenvalue weighted by molar-refractivity contribution is 5.80. The fourth-order valence-corrected chi connectivity index (χ4v) is 2.79. The molecule has 6 nitrogen and oxygen atoms in total. The van der Waals surface area contributed by atoms with Gasteiger partial charge < -0.3 is 25.0 Å². The Morgan fingerprint density at radius 2 is 1.87 bits per heavy atom. The third kappa shape index (κ3) is 5.41. The van der Waals surface area contributed by atoms with Crippen LogP contribution in [-0.2, 0) is 11.2 Å². The second kappa shape index (κ2) is 9.37. The molecule has 23 heavy (non-hydrogen) atoms. The lowest BCUT2D eigenvalue weighted by Crippen LogP contribution is -2.44. The average molecular weight is 321 g/mol. The van der Waals surface area contributed by atoms with Crippen molar-refractivity contribution in [3.05, 3.63) is 23.8 Å². The van der Waals surface area contributed by atoms with E-state index in [4.69, 9.17) is 9.47 Å². The molecule has 128 valence electrons. The van der Waals surface area contributed by atoms with Gasteiger partial charge in [-0.15, -0.1) is 0 Å². The molecule has 1 saturated heterocycles. The molecule has 0 radical (unpaired) electrons. The minimum atomic E-state index is -0.00638. The monoisotopic (exact) mass is 321 g/mol. The molecule has 1 aliphatic rings. The van der Waals surface area contributed by atoms with Crippen LogP contribution in [0.5, 0.6) is 11.5 Å². The molecular weight excluding hydrogens is 294 g/mol. The van der Waals surface area contributed by atoms with Crippen LogP contribution in [0.25, 0.3) is 0 Å². The lowest BCUT2D eigenvalue weighted by Gasteiger charge is -2.27. The summed E-state index contributed by atoms with van der Waals surface area (Å²) >= 11 is 0. The van der Waals surface area contributed by atoms with Crippen LogP contribution < -0.4 is 20.1 Å². The number of carbonyl (C=O) groups is 1. The summed E-state index contributed by atoms with van der Waals surface area (Å²) in [7, 11) is 3.20. The zero-order chi connectivity index (χ0) is 16.5. The Hall–Kier alpha value is -1.79. The number of piperazine rings is 1. The van der Waals surface area contributed by atoms with Gasteiger partial charge in [-0.2, -0.15) is 0 Å². The number of ether oxygens (including phenoxy) is 2. The Morgan fingerprint density at radius 3 is 2.48 bits per heavy atom. The van der Waals surface area contributed by atoms with Crippen LogP contribution in [0.15, 0.2) is 18.2 Å². The topological polar surface area (TPSA) is 62.8 Å². The zero-order valence-corrected chi connectivity index (χ0v) is 14.1. The quantitative estimate of drug-likeness (QED) is 0.689. The van der Waals surface area contributed by atoms with Crippen LogP contribution in [0.4, 0.5) is 0 Å². The van der Waals surface area contributed by atoms with Gasteiger partial charge in [0.15, 0.2) is 0 Å². The van der Waals surface area contributed by atoms with Crippen molar-refractivity contribution >= 4 is 5.91 Å². The number of amides is 1. The summed E-state index contributed by atoms with van der Waals surface area (Å²) in [6, 6.07) is 5.54. The number of rotatable bonds is 8. The number of methoxy groups -OCH3 is 2. The summed E-state index contributed by atoms with van der Waals surface area (Å²) in [5, 5.41) is 6.32. The van der Waals surface area contributed by atoms with Crippen molar-refractivity contribution < 1.29 is 14.3 Å². The summed E-state index contributed by atoms with van der Waals surface area (Å²) < 4.78 is 10.6. The molecule has 1 aromatic rings. The van der Waals surface area contributed by atoms with Gasteiger partial charge in [0.2, 0.25) is 5.91 Å². The molecule has 0 aliphatic carbocycles. The molecule has 0 bridgehead atoms. The van der Waals surface area contributed by atoms with Crippen LogP contribution in [0.3, 0.4) is 0 Å². The minimum Gasteiger partial charge on any atom is -0.496 e. The van der Waals surface area contributed by atoms with E-state index in [9.17, 15) is 4.79 Å². The molecule has 1 fully saturated rings. The van der Waals surface area contributed by atoms with Gasteiger partial charge in [-0.3, -0.25) is 4.79 Å². The number of nitrogens with zero attached hydrogens (tertiary/aromatic N) is 1. The van der Waals surface area contributed by atoms with Gasteiger partial charge in [-0.05, 0) is 25.1 Å². The molecule has 2 N–H and O–H groups in total. The van der Waals surface area contributed by atoms with Crippen molar-refractivity contribution in [1.29, 1.82) is 0 Å². The van der Waals surface area contributed by atoms with E-state index < -0.39 is 0 Å². The number of hydrogen-bond acceptors (Lipinski definition) is 5. The maximum atomic E-state index is 12.2. The summed E-state index contributed by atoms with van der Waals surface area (Å²) in [5.74, 6) is 1.36. The van der Waals surface area contributed by atoms with E-state index in [1.165, 1.54) is 0 Å². The highest BCUT2D eigenvalue weighted by atomic mass is 16.5. The average Bonchev–Trinajstić information content (AvgIpc) is 2.60. The lowest BCUT2D eigenvalue weighted by atomic mass is 10.1. The second-order valence-corrected chi connectivity index (χ2v) is 5.61. The maximum absolute atomic E-state index is 12.2. The SMILES string of the molecule is COc1cccc(OC)c1CC(=O)NCCCN1CCNCC1. The van der Waals surface area contributed by atoms with Gasteiger partial charge in [0.05, 0.1) is 20.6 Å². The predicted octanol–water partition coefficient (Wildman–Crippen LogP) is 0.658. The molecule has 1 aromatic carbocycles. The van der Waals surface area contributed by atoms with Crippen molar-refractivity contribution in [2.75, 3.05) is 53.5 Å². The van der Waals surface area contributed by atoms with Crippen LogP contribution in [-0.4, -0.2) is 64.3 Å². The number of nitrogens with one attached hydrogen (secondary N) is 2. The smallest absolute Gasteiger partial charge is 0.224 e. The van der Waals surface area contributed by atoms with E-state index in [1.54, 1.807) is 14.2 Å². The van der Waals surface area contributed by atoms with Crippen molar-refractivity contribution in [1.82, 2.24) is 15.5 Å². The minimum absolute atomic E-state index is 0.00638. The van der Waals surface area contributed by atoms with Crippen LogP contribution in [0, 0.1) is 0 Å². The maximum Gasteiger partial charge on any atom is 0.224 e. The third-order valence-corrected chi connectivity index (χ3v) is 4.05. The second-order valence-electron chi connectivity index (χ2n) is 5.61. The first-order valence-corrected chi connectivity index (χ1v) is 8.14. The fourth-order valence-electron chi connectivity index (χ4n) is 2.79. The van der Waals surface area contributed by atoms with E-state index >= 15 is 0 Å². The van der Waals surface area contributed by atoms with E-state index in [2.05, 4.69) is 15.5 Å². The third-order valence-electron chi connectivity index (χ3n) is 4.05. The molecular formula is C17H27N3O3. The first-order chi connectivity index (χ1) is 11.2. The van der Waals surface area contributed by atoms with Crippen LogP contribution in [0.1, 0.15) is 12.0 Å². The highest BCUT2D eigenvalue weighted by Crippen LogP contribution is 2.28. The van der Waals surface area contributed by atoms with Crippen molar-refractivity contribution in [2.45, 2.75) is 12.8 Å². The molecule has 1 heterocycles. The molecule has 0 atom stereocenters. The Morgan fingerprint density at radius 1 is 1.22 bits per heavy atom. The first kappa shape index (κ1) is 17.6. The Kier molecular flexibility index (Phi) is 7.16. The standard InChI is InChI=1S/C17H27N3O3/c1-22-15-5-3-6-16(23-2)14(15)13-17(21)19-7-4-10-20-11-8-18-9-12-20/h3,5-6,18H,4,7-13H2,1-2H3,(H,19,21). The van der Waals surface area contributed by atoms with E-state index in [-0.39, 0.29) is 12.3 Å². The number of hydrogen-bond donors (Lipinski definition) is 2. The van der Waals surface area contributed by atoms with Gasteiger partial charge in [0.1, 0.15) is 11.5 Å². The van der Waals surface area contributed by atoms with Gasteiger partial charge >= 0.3 is 0 Å². The lowest BCUT2D eigenvalue weighted by molar-refractivity contribution is -0.120. The van der Waals surface area contributed by atoms with Crippen molar-refractivity contribution in [3.8, 4) is 11.5 Å². The van der Waals surface area contributed by atoms with Crippen molar-refractivity contribution in [2.24, 2.45) is 0 Å². The Balaban J connectivity index is 1.76. The highest BCUT2D eigenvalue weighted by Gasteiger charge is 2.14. The van der Waals surface area contributed by atoms with E-state index in [0.29, 0.717) is 18.0 Å². The summed E-state index contributed by atoms with van der Waals surface area (Å²) in [6.45, 7) is 6.01.